The molecule has 3 aromatic rings. The molecule has 0 aliphatic heterocycles. The van der Waals surface area contributed by atoms with Gasteiger partial charge in [0, 0.05) is 6.54 Å². The van der Waals surface area contributed by atoms with Crippen molar-refractivity contribution in [2.75, 3.05) is 23.7 Å². The highest BCUT2D eigenvalue weighted by molar-refractivity contribution is 7.92. The Morgan fingerprint density at radius 3 is 2.32 bits per heavy atom. The van der Waals surface area contributed by atoms with Crippen LogP contribution in [0, 0.1) is 13.8 Å². The first kappa shape index (κ1) is 27.4. The molecule has 3 rings (SSSR count). The molecule has 2 N–H and O–H groups in total. The fourth-order valence-electron chi connectivity index (χ4n) is 3.46. The van der Waals surface area contributed by atoms with Crippen molar-refractivity contribution in [2.24, 2.45) is 5.10 Å². The van der Waals surface area contributed by atoms with Crippen LogP contribution in [0.2, 0.25) is 0 Å². The van der Waals surface area contributed by atoms with E-state index >= 15 is 0 Å². The fourth-order valence-corrected chi connectivity index (χ4v) is 4.37. The van der Waals surface area contributed by atoms with Crippen molar-refractivity contribution in [2.45, 2.75) is 20.4 Å². The summed E-state index contributed by atoms with van der Waals surface area (Å²) in [7, 11) is -3.68. The Labute approximate surface area is 217 Å². The van der Waals surface area contributed by atoms with Gasteiger partial charge in [0.05, 0.1) is 18.2 Å². The highest BCUT2D eigenvalue weighted by Gasteiger charge is 2.22. The minimum Gasteiger partial charge on any atom is -0.484 e. The van der Waals surface area contributed by atoms with Crippen molar-refractivity contribution in [3.05, 3.63) is 95.1 Å². The normalized spacial score (nSPS) is 11.2. The molecule has 37 heavy (non-hydrogen) atoms. The predicted molar refractivity (Wildman–Crippen MR) is 144 cm³/mol. The SMILES string of the molecule is Cc1ccc(N(CC(=O)N/N=C\c2ccc(OCC(=O)NCc3ccccc3)cc2)S(C)(=O)=O)c(C)c1. The van der Waals surface area contributed by atoms with E-state index in [4.69, 9.17) is 4.74 Å². The number of nitrogens with one attached hydrogen (secondary N) is 2. The lowest BCUT2D eigenvalue weighted by Gasteiger charge is -2.23. The summed E-state index contributed by atoms with van der Waals surface area (Å²) < 4.78 is 31.1. The number of sulfonamides is 1. The van der Waals surface area contributed by atoms with Crippen LogP contribution in [0.5, 0.6) is 5.75 Å². The highest BCUT2D eigenvalue weighted by atomic mass is 32.2. The molecule has 194 valence electrons. The smallest absolute Gasteiger partial charge is 0.260 e. The van der Waals surface area contributed by atoms with E-state index in [-0.39, 0.29) is 12.5 Å². The molecular weight excluding hydrogens is 492 g/mol. The van der Waals surface area contributed by atoms with Gasteiger partial charge in [0.2, 0.25) is 10.0 Å². The zero-order valence-electron chi connectivity index (χ0n) is 21.0. The standard InChI is InChI=1S/C27H30N4O5S/c1-20-9-14-25(21(2)15-20)31(37(3,34)35)18-26(32)30-29-17-23-10-12-24(13-11-23)36-19-27(33)28-16-22-7-5-4-6-8-22/h4-15,17H,16,18-19H2,1-3H3,(H,28,33)(H,30,32)/b29-17-. The number of carbonyl (C=O) groups is 2. The number of nitrogens with zero attached hydrogens (tertiary/aromatic N) is 2. The van der Waals surface area contributed by atoms with Gasteiger partial charge in [-0.15, -0.1) is 0 Å². The lowest BCUT2D eigenvalue weighted by molar-refractivity contribution is -0.123. The second kappa shape index (κ2) is 12.7. The molecule has 0 aliphatic carbocycles. The van der Waals surface area contributed by atoms with Gasteiger partial charge < -0.3 is 10.1 Å². The number of rotatable bonds is 11. The van der Waals surface area contributed by atoms with Gasteiger partial charge in [-0.1, -0.05) is 48.0 Å². The number of anilines is 1. The van der Waals surface area contributed by atoms with Crippen LogP contribution >= 0.6 is 0 Å². The second-order valence-electron chi connectivity index (χ2n) is 8.47. The number of aryl methyl sites for hydroxylation is 2. The molecule has 2 amide bonds. The van der Waals surface area contributed by atoms with E-state index in [2.05, 4.69) is 15.8 Å². The quantitative estimate of drug-likeness (QED) is 0.297. The molecule has 0 unspecified atom stereocenters. The summed E-state index contributed by atoms with van der Waals surface area (Å²) in [6.45, 7) is 3.61. The lowest BCUT2D eigenvalue weighted by atomic mass is 10.1. The molecule has 0 aliphatic rings. The number of benzene rings is 3. The molecule has 0 atom stereocenters. The highest BCUT2D eigenvalue weighted by Crippen LogP contribution is 2.23. The third-order valence-electron chi connectivity index (χ3n) is 5.29. The van der Waals surface area contributed by atoms with Gasteiger partial charge in [-0.2, -0.15) is 5.10 Å². The van der Waals surface area contributed by atoms with Crippen molar-refractivity contribution in [3.8, 4) is 5.75 Å². The molecule has 9 nitrogen and oxygen atoms in total. The first-order chi connectivity index (χ1) is 17.6. The zero-order valence-corrected chi connectivity index (χ0v) is 21.8. The van der Waals surface area contributed by atoms with Crippen LogP contribution in [0.4, 0.5) is 5.69 Å². The van der Waals surface area contributed by atoms with E-state index in [0.29, 0.717) is 23.5 Å². The number of hydrazone groups is 1. The maximum Gasteiger partial charge on any atom is 0.260 e. The van der Waals surface area contributed by atoms with Gasteiger partial charge in [-0.3, -0.25) is 13.9 Å². The van der Waals surface area contributed by atoms with Crippen molar-refractivity contribution < 1.29 is 22.7 Å². The third kappa shape index (κ3) is 8.76. The molecule has 3 aromatic carbocycles. The van der Waals surface area contributed by atoms with Crippen molar-refractivity contribution in [3.63, 3.8) is 0 Å². The monoisotopic (exact) mass is 522 g/mol. The maximum absolute atomic E-state index is 12.4. The van der Waals surface area contributed by atoms with Crippen LogP contribution in [0.15, 0.2) is 77.9 Å². The molecule has 0 fully saturated rings. The van der Waals surface area contributed by atoms with E-state index in [1.54, 1.807) is 43.3 Å². The molecule has 0 radical (unpaired) electrons. The number of hydrogen-bond donors (Lipinski definition) is 2. The average Bonchev–Trinajstić information content (AvgIpc) is 2.86. The van der Waals surface area contributed by atoms with Crippen molar-refractivity contribution in [1.29, 1.82) is 0 Å². The van der Waals surface area contributed by atoms with Crippen LogP contribution in [0.3, 0.4) is 0 Å². The number of carbonyl (C=O) groups excluding carboxylic acids is 2. The molecule has 0 saturated heterocycles. The van der Waals surface area contributed by atoms with Crippen molar-refractivity contribution in [1.82, 2.24) is 10.7 Å². The molecule has 0 saturated carbocycles. The van der Waals surface area contributed by atoms with E-state index in [1.165, 1.54) is 6.21 Å². The van der Waals surface area contributed by atoms with E-state index in [9.17, 15) is 18.0 Å². The molecule has 10 heteroatoms. The Kier molecular flexibility index (Phi) is 9.39. The summed E-state index contributed by atoms with van der Waals surface area (Å²) in [6, 6.07) is 21.7. The van der Waals surface area contributed by atoms with Crippen LogP contribution in [0.25, 0.3) is 0 Å². The summed E-state index contributed by atoms with van der Waals surface area (Å²) in [5, 5.41) is 6.70. The van der Waals surface area contributed by atoms with Crippen LogP contribution in [-0.2, 0) is 26.2 Å². The van der Waals surface area contributed by atoms with E-state index < -0.39 is 22.5 Å². The summed E-state index contributed by atoms with van der Waals surface area (Å²) in [5.74, 6) is -0.308. The summed E-state index contributed by atoms with van der Waals surface area (Å²) in [4.78, 5) is 24.4. The Hall–Kier alpha value is -4.18. The van der Waals surface area contributed by atoms with Gasteiger partial charge in [-0.05, 0) is 60.9 Å². The van der Waals surface area contributed by atoms with E-state index in [0.717, 1.165) is 27.3 Å². The minimum absolute atomic E-state index is 0.117. The Morgan fingerprint density at radius 2 is 1.68 bits per heavy atom. The Morgan fingerprint density at radius 1 is 0.973 bits per heavy atom. The van der Waals surface area contributed by atoms with Gasteiger partial charge in [0.15, 0.2) is 6.61 Å². The average molecular weight is 523 g/mol. The molecular formula is C27H30N4O5S. The van der Waals surface area contributed by atoms with E-state index in [1.807, 2.05) is 43.3 Å². The largest absolute Gasteiger partial charge is 0.484 e. The van der Waals surface area contributed by atoms with Crippen molar-refractivity contribution >= 4 is 33.7 Å². The summed E-state index contributed by atoms with van der Waals surface area (Å²) in [5.41, 5.74) is 6.22. The summed E-state index contributed by atoms with van der Waals surface area (Å²) >= 11 is 0. The fraction of sp³-hybridized carbons (Fsp3) is 0.222. The molecule has 0 heterocycles. The van der Waals surface area contributed by atoms with Gasteiger partial charge in [-0.25, -0.2) is 13.8 Å². The molecule has 0 bridgehead atoms. The topological polar surface area (TPSA) is 117 Å². The van der Waals surface area contributed by atoms with Gasteiger partial charge >= 0.3 is 0 Å². The molecule has 0 spiro atoms. The van der Waals surface area contributed by atoms with Crippen LogP contribution in [-0.4, -0.2) is 45.9 Å². The third-order valence-corrected chi connectivity index (χ3v) is 6.42. The number of amides is 2. The first-order valence-electron chi connectivity index (χ1n) is 11.5. The predicted octanol–water partition coefficient (Wildman–Crippen LogP) is 2.91. The summed E-state index contributed by atoms with van der Waals surface area (Å²) in [6.07, 6.45) is 2.48. The Balaban J connectivity index is 1.48. The minimum atomic E-state index is -3.68. The first-order valence-corrected chi connectivity index (χ1v) is 13.4. The maximum atomic E-state index is 12.4. The lowest BCUT2D eigenvalue weighted by Crippen LogP contribution is -2.39. The number of ether oxygens (including phenoxy) is 1. The Bertz CT molecular complexity index is 1360. The van der Waals surface area contributed by atoms with Gasteiger partial charge in [0.1, 0.15) is 12.3 Å². The number of hydrogen-bond acceptors (Lipinski definition) is 6. The van der Waals surface area contributed by atoms with Gasteiger partial charge in [0.25, 0.3) is 11.8 Å². The zero-order chi connectivity index (χ0) is 26.8. The second-order valence-corrected chi connectivity index (χ2v) is 10.4. The van der Waals surface area contributed by atoms with Crippen LogP contribution in [0.1, 0.15) is 22.3 Å². The van der Waals surface area contributed by atoms with Crippen LogP contribution < -0.4 is 19.8 Å². The molecule has 0 aromatic heterocycles.